The van der Waals surface area contributed by atoms with Crippen molar-refractivity contribution in [1.29, 1.82) is 0 Å². The summed E-state index contributed by atoms with van der Waals surface area (Å²) >= 11 is 0. The molecule has 2 N–H and O–H groups in total. The average Bonchev–Trinajstić information content (AvgIpc) is 3.10. The van der Waals surface area contributed by atoms with E-state index >= 15 is 0 Å². The molecule has 5 heteroatoms. The number of hydrogen-bond donors (Lipinski definition) is 2. The number of carbonyl (C=O) groups excluding carboxylic acids is 2. The summed E-state index contributed by atoms with van der Waals surface area (Å²) in [6, 6.07) is 0.380. The van der Waals surface area contributed by atoms with E-state index in [1.54, 1.807) is 4.90 Å². The topological polar surface area (TPSA) is 61.4 Å². The van der Waals surface area contributed by atoms with Gasteiger partial charge in [0.2, 0.25) is 5.91 Å². The second-order valence-electron chi connectivity index (χ2n) is 4.35. The van der Waals surface area contributed by atoms with E-state index in [0.717, 1.165) is 12.8 Å². The smallest absolute Gasteiger partial charge is 0.317 e. The van der Waals surface area contributed by atoms with Crippen molar-refractivity contribution in [3.63, 3.8) is 0 Å². The minimum Gasteiger partial charge on any atom is -0.353 e. The Kier molecular flexibility index (Phi) is 5.80. The van der Waals surface area contributed by atoms with Crippen LogP contribution in [0.4, 0.5) is 4.79 Å². The Morgan fingerprint density at radius 1 is 1.24 bits per heavy atom. The molecule has 1 saturated carbocycles. The molecule has 3 amide bonds. The molecule has 0 aromatic heterocycles. The van der Waals surface area contributed by atoms with E-state index in [1.165, 1.54) is 0 Å². The zero-order valence-electron chi connectivity index (χ0n) is 10.8. The van der Waals surface area contributed by atoms with Crippen LogP contribution in [0, 0.1) is 0 Å². The Hall–Kier alpha value is -1.26. The first-order chi connectivity index (χ1) is 8.17. The van der Waals surface area contributed by atoms with Crippen LogP contribution in [0.2, 0.25) is 0 Å². The van der Waals surface area contributed by atoms with Crippen LogP contribution in [0.1, 0.15) is 39.5 Å². The molecule has 0 saturated heterocycles. The molecule has 1 aliphatic carbocycles. The molecule has 0 aliphatic heterocycles. The lowest BCUT2D eigenvalue weighted by Gasteiger charge is -2.19. The first-order valence-electron chi connectivity index (χ1n) is 6.49. The normalized spacial score (nSPS) is 14.2. The predicted molar refractivity (Wildman–Crippen MR) is 66.7 cm³/mol. The minimum atomic E-state index is -0.0439. The molecule has 1 aliphatic rings. The van der Waals surface area contributed by atoms with Crippen LogP contribution in [0.25, 0.3) is 0 Å². The molecule has 98 valence electrons. The summed E-state index contributed by atoms with van der Waals surface area (Å²) in [6.07, 6.45) is 3.43. The Morgan fingerprint density at radius 2 is 1.88 bits per heavy atom. The van der Waals surface area contributed by atoms with Crippen LogP contribution >= 0.6 is 0 Å². The van der Waals surface area contributed by atoms with Gasteiger partial charge in [0.25, 0.3) is 0 Å². The fourth-order valence-corrected chi connectivity index (χ4v) is 1.59. The maximum absolute atomic E-state index is 11.6. The van der Waals surface area contributed by atoms with Crippen LogP contribution in [0.15, 0.2) is 0 Å². The van der Waals surface area contributed by atoms with Crippen molar-refractivity contribution in [3.05, 3.63) is 0 Å². The van der Waals surface area contributed by atoms with E-state index in [4.69, 9.17) is 0 Å². The number of urea groups is 1. The number of nitrogens with zero attached hydrogens (tertiary/aromatic N) is 1. The molecule has 5 nitrogen and oxygen atoms in total. The van der Waals surface area contributed by atoms with Gasteiger partial charge in [-0.2, -0.15) is 0 Å². The Morgan fingerprint density at radius 3 is 2.41 bits per heavy atom. The van der Waals surface area contributed by atoms with Gasteiger partial charge in [-0.15, -0.1) is 0 Å². The van der Waals surface area contributed by atoms with Crippen molar-refractivity contribution in [3.8, 4) is 0 Å². The number of rotatable bonds is 7. The van der Waals surface area contributed by atoms with Crippen LogP contribution < -0.4 is 10.6 Å². The van der Waals surface area contributed by atoms with E-state index in [2.05, 4.69) is 10.6 Å². The molecular formula is C12H23N3O2. The Labute approximate surface area is 103 Å². The third-order valence-corrected chi connectivity index (χ3v) is 2.85. The summed E-state index contributed by atoms with van der Waals surface area (Å²) in [7, 11) is 0. The quantitative estimate of drug-likeness (QED) is 0.656. The van der Waals surface area contributed by atoms with Gasteiger partial charge < -0.3 is 15.5 Å². The molecule has 0 atom stereocenters. The van der Waals surface area contributed by atoms with Crippen LogP contribution in [0.3, 0.4) is 0 Å². The molecule has 0 spiro atoms. The number of carbonyl (C=O) groups is 2. The van der Waals surface area contributed by atoms with Crippen molar-refractivity contribution >= 4 is 11.9 Å². The zero-order chi connectivity index (χ0) is 12.7. The van der Waals surface area contributed by atoms with Gasteiger partial charge in [-0.1, -0.05) is 0 Å². The molecule has 0 bridgehead atoms. The van der Waals surface area contributed by atoms with Gasteiger partial charge in [-0.3, -0.25) is 4.79 Å². The van der Waals surface area contributed by atoms with Gasteiger partial charge in [-0.05, 0) is 33.1 Å². The molecule has 0 heterocycles. The lowest BCUT2D eigenvalue weighted by atomic mass is 10.3. The van der Waals surface area contributed by atoms with Crippen LogP contribution in [-0.2, 0) is 4.79 Å². The van der Waals surface area contributed by atoms with Crippen molar-refractivity contribution in [1.82, 2.24) is 15.5 Å². The minimum absolute atomic E-state index is 0.0439. The first kappa shape index (κ1) is 13.8. The second kappa shape index (κ2) is 7.14. The molecule has 1 rings (SSSR count). The maximum atomic E-state index is 11.6. The second-order valence-corrected chi connectivity index (χ2v) is 4.35. The van der Waals surface area contributed by atoms with Gasteiger partial charge >= 0.3 is 6.03 Å². The monoisotopic (exact) mass is 241 g/mol. The SMILES string of the molecule is CCN(CC)C(=O)NCCCC(=O)NC1CC1. The number of amides is 3. The highest BCUT2D eigenvalue weighted by Gasteiger charge is 2.22. The lowest BCUT2D eigenvalue weighted by Crippen LogP contribution is -2.40. The number of hydrogen-bond acceptors (Lipinski definition) is 2. The summed E-state index contributed by atoms with van der Waals surface area (Å²) in [4.78, 5) is 24.6. The molecule has 17 heavy (non-hydrogen) atoms. The third kappa shape index (κ3) is 5.56. The van der Waals surface area contributed by atoms with Crippen molar-refractivity contribution in [2.75, 3.05) is 19.6 Å². The summed E-state index contributed by atoms with van der Waals surface area (Å²) in [5.41, 5.74) is 0. The molecule has 0 aromatic carbocycles. The highest BCUT2D eigenvalue weighted by Crippen LogP contribution is 2.18. The molecule has 0 radical (unpaired) electrons. The fourth-order valence-electron chi connectivity index (χ4n) is 1.59. The fraction of sp³-hybridized carbons (Fsp3) is 0.833. The Balaban J connectivity index is 2.02. The molecular weight excluding hydrogens is 218 g/mol. The Bertz CT molecular complexity index is 260. The van der Waals surface area contributed by atoms with E-state index < -0.39 is 0 Å². The van der Waals surface area contributed by atoms with Gasteiger partial charge in [0.1, 0.15) is 0 Å². The van der Waals surface area contributed by atoms with E-state index in [0.29, 0.717) is 38.5 Å². The largest absolute Gasteiger partial charge is 0.353 e. The van der Waals surface area contributed by atoms with Gasteiger partial charge in [0.15, 0.2) is 0 Å². The summed E-state index contributed by atoms with van der Waals surface area (Å²) in [6.45, 7) is 5.89. The highest BCUT2D eigenvalue weighted by molar-refractivity contribution is 5.77. The summed E-state index contributed by atoms with van der Waals surface area (Å²) < 4.78 is 0. The van der Waals surface area contributed by atoms with Crippen LogP contribution in [0.5, 0.6) is 0 Å². The van der Waals surface area contributed by atoms with Gasteiger partial charge in [-0.25, -0.2) is 4.79 Å². The summed E-state index contributed by atoms with van der Waals surface area (Å²) in [5.74, 6) is 0.101. The van der Waals surface area contributed by atoms with E-state index in [9.17, 15) is 9.59 Å². The predicted octanol–water partition coefficient (Wildman–Crippen LogP) is 1.10. The van der Waals surface area contributed by atoms with Gasteiger partial charge in [0.05, 0.1) is 0 Å². The van der Waals surface area contributed by atoms with Crippen molar-refractivity contribution in [2.45, 2.75) is 45.6 Å². The van der Waals surface area contributed by atoms with Gasteiger partial charge in [0, 0.05) is 32.1 Å². The maximum Gasteiger partial charge on any atom is 0.317 e. The lowest BCUT2D eigenvalue weighted by molar-refractivity contribution is -0.121. The summed E-state index contributed by atoms with van der Waals surface area (Å²) in [5, 5.41) is 5.74. The van der Waals surface area contributed by atoms with Crippen molar-refractivity contribution < 1.29 is 9.59 Å². The molecule has 1 fully saturated rings. The first-order valence-corrected chi connectivity index (χ1v) is 6.49. The van der Waals surface area contributed by atoms with E-state index in [1.807, 2.05) is 13.8 Å². The zero-order valence-corrected chi connectivity index (χ0v) is 10.8. The third-order valence-electron chi connectivity index (χ3n) is 2.85. The molecule has 0 unspecified atom stereocenters. The highest BCUT2D eigenvalue weighted by atomic mass is 16.2. The average molecular weight is 241 g/mol. The van der Waals surface area contributed by atoms with E-state index in [-0.39, 0.29) is 11.9 Å². The van der Waals surface area contributed by atoms with Crippen molar-refractivity contribution in [2.24, 2.45) is 0 Å². The molecule has 0 aromatic rings. The number of nitrogens with one attached hydrogen (secondary N) is 2. The van der Waals surface area contributed by atoms with Crippen LogP contribution in [-0.4, -0.2) is 42.5 Å². The standard InChI is InChI=1S/C12H23N3O2/c1-3-15(4-2)12(17)13-9-5-6-11(16)14-10-7-8-10/h10H,3-9H2,1-2H3,(H,13,17)(H,14,16).